The van der Waals surface area contributed by atoms with Gasteiger partial charge in [-0.05, 0) is 32.6 Å². The molecule has 0 aliphatic carbocycles. The maximum Gasteiger partial charge on any atom is 0.266 e. The second kappa shape index (κ2) is 7.99. The smallest absolute Gasteiger partial charge is 0.266 e. The molecular weight excluding hydrogens is 330 g/mol. The number of likely N-dealkylation sites (N-methyl/N-ethyl adjacent to an activating group) is 1. The summed E-state index contributed by atoms with van der Waals surface area (Å²) in [6.07, 6.45) is 1.72. The van der Waals surface area contributed by atoms with Crippen molar-refractivity contribution in [2.24, 2.45) is 0 Å². The molecule has 0 atom stereocenters. The van der Waals surface area contributed by atoms with Gasteiger partial charge in [0.15, 0.2) is 0 Å². The van der Waals surface area contributed by atoms with Gasteiger partial charge in [0, 0.05) is 44.1 Å². The zero-order chi connectivity index (χ0) is 18.7. The highest BCUT2D eigenvalue weighted by atomic mass is 16.5. The number of hydrogen-bond acceptors (Lipinski definition) is 8. The first-order valence-electron chi connectivity index (χ1n) is 9.27. The zero-order valence-corrected chi connectivity index (χ0v) is 16.4. The van der Waals surface area contributed by atoms with Crippen LogP contribution in [0.15, 0.2) is 4.52 Å². The molecule has 3 rings (SSSR count). The average Bonchev–Trinajstić information content (AvgIpc) is 2.97. The van der Waals surface area contributed by atoms with Crippen molar-refractivity contribution in [2.75, 3.05) is 50.5 Å². The molecule has 2 aromatic rings. The van der Waals surface area contributed by atoms with Crippen LogP contribution in [0.5, 0.6) is 0 Å². The van der Waals surface area contributed by atoms with Crippen molar-refractivity contribution in [3.63, 3.8) is 0 Å². The van der Waals surface area contributed by atoms with Gasteiger partial charge in [0.05, 0.1) is 5.69 Å². The van der Waals surface area contributed by atoms with E-state index < -0.39 is 0 Å². The van der Waals surface area contributed by atoms with Gasteiger partial charge in [0.25, 0.3) is 5.95 Å². The van der Waals surface area contributed by atoms with Gasteiger partial charge in [-0.2, -0.15) is 4.98 Å². The number of aromatic nitrogens is 4. The maximum absolute atomic E-state index is 5.37. The van der Waals surface area contributed by atoms with Gasteiger partial charge in [0.2, 0.25) is 5.89 Å². The molecule has 142 valence electrons. The van der Waals surface area contributed by atoms with Crippen LogP contribution in [0.2, 0.25) is 0 Å². The molecule has 0 amide bonds. The Bertz CT molecular complexity index is 741. The van der Waals surface area contributed by atoms with E-state index in [1.807, 2.05) is 6.92 Å². The molecule has 26 heavy (non-hydrogen) atoms. The first-order valence-corrected chi connectivity index (χ1v) is 9.27. The molecule has 0 spiro atoms. The Morgan fingerprint density at radius 1 is 1.15 bits per heavy atom. The van der Waals surface area contributed by atoms with Crippen LogP contribution in [0.3, 0.4) is 0 Å². The molecule has 1 aliphatic heterocycles. The fourth-order valence-corrected chi connectivity index (χ4v) is 3.06. The van der Waals surface area contributed by atoms with E-state index in [1.54, 1.807) is 0 Å². The van der Waals surface area contributed by atoms with Crippen LogP contribution in [-0.2, 0) is 12.8 Å². The van der Waals surface area contributed by atoms with E-state index in [-0.39, 0.29) is 5.92 Å². The van der Waals surface area contributed by atoms with Crippen molar-refractivity contribution < 1.29 is 4.52 Å². The van der Waals surface area contributed by atoms with E-state index in [4.69, 9.17) is 4.52 Å². The third-order valence-electron chi connectivity index (χ3n) is 4.51. The minimum absolute atomic E-state index is 0.237. The lowest BCUT2D eigenvalue weighted by molar-refractivity contribution is 0.364. The van der Waals surface area contributed by atoms with Crippen LogP contribution in [0.25, 0.3) is 0 Å². The highest BCUT2D eigenvalue weighted by Crippen LogP contribution is 2.24. The quantitative estimate of drug-likeness (QED) is 0.837. The molecule has 8 heteroatoms. The third kappa shape index (κ3) is 4.30. The predicted molar refractivity (Wildman–Crippen MR) is 102 cm³/mol. The fraction of sp³-hybridized carbons (Fsp3) is 0.667. The Hall–Kier alpha value is -2.22. The first kappa shape index (κ1) is 18.6. The largest absolute Gasteiger partial charge is 0.368 e. The minimum atomic E-state index is 0.237. The standard InChI is InChI=1S/C18H29N7O/c1-12(2)17-22-18(23-26-17)25-9-6-14-15(7-10-25)20-13(3)21-16(14)19-8-11-24(4)5/h12H,6-11H2,1-5H3,(H,19,20,21). The van der Waals surface area contributed by atoms with Gasteiger partial charge < -0.3 is 19.6 Å². The lowest BCUT2D eigenvalue weighted by Crippen LogP contribution is -2.27. The van der Waals surface area contributed by atoms with E-state index in [9.17, 15) is 0 Å². The second-order valence-corrected chi connectivity index (χ2v) is 7.35. The molecule has 0 unspecified atom stereocenters. The average molecular weight is 359 g/mol. The second-order valence-electron chi connectivity index (χ2n) is 7.35. The number of fused-ring (bicyclic) bond motifs is 1. The highest BCUT2D eigenvalue weighted by molar-refractivity contribution is 5.49. The minimum Gasteiger partial charge on any atom is -0.368 e. The monoisotopic (exact) mass is 359 g/mol. The van der Waals surface area contributed by atoms with Gasteiger partial charge in [-0.15, -0.1) is 0 Å². The molecule has 8 nitrogen and oxygen atoms in total. The summed E-state index contributed by atoms with van der Waals surface area (Å²) in [6, 6.07) is 0. The summed E-state index contributed by atoms with van der Waals surface area (Å²) in [4.78, 5) is 18.2. The number of anilines is 2. The molecule has 3 heterocycles. The summed E-state index contributed by atoms with van der Waals surface area (Å²) in [5, 5.41) is 7.64. The molecule has 0 radical (unpaired) electrons. The van der Waals surface area contributed by atoms with Gasteiger partial charge in [-0.25, -0.2) is 9.97 Å². The van der Waals surface area contributed by atoms with Crippen LogP contribution in [-0.4, -0.2) is 65.3 Å². The number of rotatable bonds is 6. The Morgan fingerprint density at radius 2 is 1.92 bits per heavy atom. The SMILES string of the molecule is Cc1nc2c(c(NCCN(C)C)n1)CCN(c1noc(C(C)C)n1)CC2. The summed E-state index contributed by atoms with van der Waals surface area (Å²) >= 11 is 0. The Balaban J connectivity index is 1.75. The van der Waals surface area contributed by atoms with E-state index in [1.165, 1.54) is 5.56 Å². The number of nitrogens with one attached hydrogen (secondary N) is 1. The van der Waals surface area contributed by atoms with Crippen molar-refractivity contribution in [3.8, 4) is 0 Å². The van der Waals surface area contributed by atoms with E-state index in [2.05, 4.69) is 63.2 Å². The van der Waals surface area contributed by atoms with Gasteiger partial charge in [-0.3, -0.25) is 0 Å². The van der Waals surface area contributed by atoms with Crippen LogP contribution in [0.1, 0.15) is 42.7 Å². The molecule has 1 N–H and O–H groups in total. The number of nitrogens with zero attached hydrogens (tertiary/aromatic N) is 6. The Kier molecular flexibility index (Phi) is 5.70. The third-order valence-corrected chi connectivity index (χ3v) is 4.51. The molecule has 0 fully saturated rings. The summed E-state index contributed by atoms with van der Waals surface area (Å²) in [5.41, 5.74) is 2.34. The van der Waals surface area contributed by atoms with Gasteiger partial charge in [0.1, 0.15) is 11.6 Å². The lowest BCUT2D eigenvalue weighted by atomic mass is 10.1. The number of hydrogen-bond donors (Lipinski definition) is 1. The van der Waals surface area contributed by atoms with Crippen molar-refractivity contribution >= 4 is 11.8 Å². The van der Waals surface area contributed by atoms with Crippen molar-refractivity contribution in [1.82, 2.24) is 25.0 Å². The summed E-state index contributed by atoms with van der Waals surface area (Å²) in [6.45, 7) is 9.55. The summed E-state index contributed by atoms with van der Waals surface area (Å²) < 4.78 is 5.37. The van der Waals surface area contributed by atoms with Crippen LogP contribution in [0.4, 0.5) is 11.8 Å². The molecule has 0 bridgehead atoms. The van der Waals surface area contributed by atoms with Crippen molar-refractivity contribution in [3.05, 3.63) is 23.0 Å². The lowest BCUT2D eigenvalue weighted by Gasteiger charge is -2.17. The molecule has 0 saturated carbocycles. The predicted octanol–water partition coefficient (Wildman–Crippen LogP) is 1.87. The van der Waals surface area contributed by atoms with E-state index >= 15 is 0 Å². The van der Waals surface area contributed by atoms with Crippen LogP contribution >= 0.6 is 0 Å². The zero-order valence-electron chi connectivity index (χ0n) is 16.4. The highest BCUT2D eigenvalue weighted by Gasteiger charge is 2.22. The molecular formula is C18H29N7O. The van der Waals surface area contributed by atoms with E-state index in [0.29, 0.717) is 11.8 Å². The van der Waals surface area contributed by atoms with Crippen LogP contribution < -0.4 is 10.2 Å². The fourth-order valence-electron chi connectivity index (χ4n) is 3.06. The van der Waals surface area contributed by atoms with Crippen LogP contribution in [0, 0.1) is 6.92 Å². The normalized spacial score (nSPS) is 14.7. The topological polar surface area (TPSA) is 83.2 Å². The summed E-state index contributed by atoms with van der Waals surface area (Å²) in [5.74, 6) is 3.37. The van der Waals surface area contributed by atoms with Gasteiger partial charge >= 0.3 is 0 Å². The maximum atomic E-state index is 5.37. The van der Waals surface area contributed by atoms with Crippen molar-refractivity contribution in [2.45, 2.75) is 39.5 Å². The number of aryl methyl sites for hydroxylation is 1. The van der Waals surface area contributed by atoms with E-state index in [0.717, 1.165) is 56.4 Å². The molecule has 2 aromatic heterocycles. The summed E-state index contributed by atoms with van der Waals surface area (Å²) in [7, 11) is 4.14. The molecule has 1 aliphatic rings. The van der Waals surface area contributed by atoms with Crippen molar-refractivity contribution in [1.29, 1.82) is 0 Å². The first-order chi connectivity index (χ1) is 12.4. The molecule has 0 saturated heterocycles. The Labute approximate surface area is 155 Å². The van der Waals surface area contributed by atoms with Gasteiger partial charge in [-0.1, -0.05) is 13.8 Å². The Morgan fingerprint density at radius 3 is 2.62 bits per heavy atom. The molecule has 0 aromatic carbocycles.